The summed E-state index contributed by atoms with van der Waals surface area (Å²) in [5.74, 6) is 0.128. The molecule has 0 amide bonds. The Hall–Kier alpha value is -0.130. The average Bonchev–Trinajstić information content (AvgIpc) is 2.16. The fraction of sp³-hybridized carbons (Fsp3) is 1.00. The van der Waals surface area contributed by atoms with Gasteiger partial charge in [0.2, 0.25) is 0 Å². The summed E-state index contributed by atoms with van der Waals surface area (Å²) in [6, 6.07) is 0. The first-order valence-electron chi connectivity index (χ1n) is 5.41. The Labute approximate surface area is 91.6 Å². The van der Waals surface area contributed by atoms with Crippen molar-refractivity contribution < 1.29 is 18.3 Å². The third kappa shape index (κ3) is 3.74. The van der Waals surface area contributed by atoms with Crippen LogP contribution >= 0.6 is 0 Å². The van der Waals surface area contributed by atoms with Gasteiger partial charge in [0, 0.05) is 12.5 Å². The molecule has 15 heavy (non-hydrogen) atoms. The molecule has 4 nitrogen and oxygen atoms in total. The third-order valence-corrected chi connectivity index (χ3v) is 5.17. The SMILES string of the molecule is CC(C)S(=O)(=O)CCC1COCCC1O. The van der Waals surface area contributed by atoms with Crippen molar-refractivity contribution in [1.29, 1.82) is 0 Å². The van der Waals surface area contributed by atoms with Gasteiger partial charge >= 0.3 is 0 Å². The predicted molar refractivity (Wildman–Crippen MR) is 58.5 cm³/mol. The van der Waals surface area contributed by atoms with Crippen molar-refractivity contribution in [2.24, 2.45) is 5.92 Å². The molecule has 90 valence electrons. The van der Waals surface area contributed by atoms with E-state index in [0.29, 0.717) is 26.1 Å². The predicted octanol–water partition coefficient (Wildman–Crippen LogP) is 0.597. The van der Waals surface area contributed by atoms with Crippen molar-refractivity contribution in [1.82, 2.24) is 0 Å². The Morgan fingerprint density at radius 3 is 2.67 bits per heavy atom. The van der Waals surface area contributed by atoms with Crippen molar-refractivity contribution in [3.63, 3.8) is 0 Å². The summed E-state index contributed by atoms with van der Waals surface area (Å²) in [5, 5.41) is 9.30. The zero-order valence-corrected chi connectivity index (χ0v) is 10.2. The molecule has 0 saturated carbocycles. The molecule has 1 heterocycles. The van der Waals surface area contributed by atoms with Crippen LogP contribution in [0.1, 0.15) is 26.7 Å². The molecule has 0 bridgehead atoms. The highest BCUT2D eigenvalue weighted by atomic mass is 32.2. The topological polar surface area (TPSA) is 63.6 Å². The quantitative estimate of drug-likeness (QED) is 0.776. The molecule has 2 atom stereocenters. The molecule has 0 aromatic rings. The van der Waals surface area contributed by atoms with Crippen LogP contribution in [0.2, 0.25) is 0 Å². The lowest BCUT2D eigenvalue weighted by molar-refractivity contribution is -0.0361. The first kappa shape index (κ1) is 12.9. The van der Waals surface area contributed by atoms with Crippen molar-refractivity contribution in [2.75, 3.05) is 19.0 Å². The maximum absolute atomic E-state index is 11.6. The average molecular weight is 236 g/mol. The van der Waals surface area contributed by atoms with Crippen molar-refractivity contribution in [3.05, 3.63) is 0 Å². The first-order valence-corrected chi connectivity index (χ1v) is 7.12. The van der Waals surface area contributed by atoms with E-state index in [2.05, 4.69) is 0 Å². The van der Waals surface area contributed by atoms with Crippen molar-refractivity contribution in [3.8, 4) is 0 Å². The highest BCUT2D eigenvalue weighted by Gasteiger charge is 2.26. The minimum atomic E-state index is -2.99. The van der Waals surface area contributed by atoms with E-state index in [4.69, 9.17) is 4.74 Å². The molecule has 0 aliphatic carbocycles. The van der Waals surface area contributed by atoms with Crippen molar-refractivity contribution in [2.45, 2.75) is 38.0 Å². The molecular weight excluding hydrogens is 216 g/mol. The number of aliphatic hydroxyl groups is 1. The summed E-state index contributed by atoms with van der Waals surface area (Å²) in [6.07, 6.45) is 0.717. The van der Waals surface area contributed by atoms with Gasteiger partial charge in [-0.2, -0.15) is 0 Å². The Balaban J connectivity index is 2.42. The molecule has 0 aromatic heterocycles. The molecular formula is C10H20O4S. The lowest BCUT2D eigenvalue weighted by Crippen LogP contribution is -2.33. The standard InChI is InChI=1S/C10H20O4S/c1-8(2)15(12,13)6-4-9-7-14-5-3-10(9)11/h8-11H,3-7H2,1-2H3. The fourth-order valence-corrected chi connectivity index (χ4v) is 2.72. The van der Waals surface area contributed by atoms with E-state index in [1.807, 2.05) is 0 Å². The highest BCUT2D eigenvalue weighted by molar-refractivity contribution is 7.91. The second-order valence-corrected chi connectivity index (χ2v) is 7.07. The number of rotatable bonds is 4. The number of aliphatic hydroxyl groups excluding tert-OH is 1. The maximum atomic E-state index is 11.6. The lowest BCUT2D eigenvalue weighted by Gasteiger charge is -2.27. The van der Waals surface area contributed by atoms with E-state index < -0.39 is 15.9 Å². The van der Waals surface area contributed by atoms with Crippen LogP contribution in [0.25, 0.3) is 0 Å². The second-order valence-electron chi connectivity index (χ2n) is 4.40. The monoisotopic (exact) mass is 236 g/mol. The molecule has 5 heteroatoms. The molecule has 1 rings (SSSR count). The van der Waals surface area contributed by atoms with Crippen LogP contribution in [-0.2, 0) is 14.6 Å². The van der Waals surface area contributed by atoms with Crippen LogP contribution in [0.15, 0.2) is 0 Å². The molecule has 1 aliphatic heterocycles. The summed E-state index contributed by atoms with van der Waals surface area (Å²) in [6.45, 7) is 4.43. The van der Waals surface area contributed by atoms with Gasteiger partial charge in [-0.25, -0.2) is 8.42 Å². The van der Waals surface area contributed by atoms with E-state index >= 15 is 0 Å². The highest BCUT2D eigenvalue weighted by Crippen LogP contribution is 2.19. The molecule has 0 aromatic carbocycles. The lowest BCUT2D eigenvalue weighted by atomic mass is 9.96. The number of sulfone groups is 1. The number of hydrogen-bond donors (Lipinski definition) is 1. The van der Waals surface area contributed by atoms with Gasteiger partial charge in [0.15, 0.2) is 9.84 Å². The van der Waals surface area contributed by atoms with E-state index in [0.717, 1.165) is 0 Å². The zero-order valence-electron chi connectivity index (χ0n) is 9.35. The van der Waals surface area contributed by atoms with E-state index in [1.165, 1.54) is 0 Å². The van der Waals surface area contributed by atoms with Crippen LogP contribution in [0, 0.1) is 5.92 Å². The second kappa shape index (κ2) is 5.27. The van der Waals surface area contributed by atoms with E-state index in [9.17, 15) is 13.5 Å². The Morgan fingerprint density at radius 2 is 2.13 bits per heavy atom. The van der Waals surface area contributed by atoms with Crippen molar-refractivity contribution >= 4 is 9.84 Å². The summed E-state index contributed by atoms with van der Waals surface area (Å²) >= 11 is 0. The van der Waals surface area contributed by atoms with Gasteiger partial charge in [-0.3, -0.25) is 0 Å². The molecule has 1 fully saturated rings. The van der Waals surface area contributed by atoms with Crippen LogP contribution < -0.4 is 0 Å². The molecule has 0 spiro atoms. The first-order chi connectivity index (χ1) is 6.93. The molecule has 1 aliphatic rings. The summed E-state index contributed by atoms with van der Waals surface area (Å²) in [5.41, 5.74) is 0. The molecule has 2 unspecified atom stereocenters. The van der Waals surface area contributed by atoms with Gasteiger partial charge in [-0.15, -0.1) is 0 Å². The largest absolute Gasteiger partial charge is 0.393 e. The van der Waals surface area contributed by atoms with E-state index in [1.54, 1.807) is 13.8 Å². The van der Waals surface area contributed by atoms with E-state index in [-0.39, 0.29) is 16.9 Å². The Kier molecular flexibility index (Phi) is 4.55. The van der Waals surface area contributed by atoms with Gasteiger partial charge in [0.1, 0.15) is 0 Å². The molecule has 1 N–H and O–H groups in total. The van der Waals surface area contributed by atoms with Gasteiger partial charge in [-0.1, -0.05) is 0 Å². The van der Waals surface area contributed by atoms with Gasteiger partial charge < -0.3 is 9.84 Å². The fourth-order valence-electron chi connectivity index (χ4n) is 1.61. The van der Waals surface area contributed by atoms with Gasteiger partial charge in [0.05, 0.1) is 23.7 Å². The maximum Gasteiger partial charge on any atom is 0.152 e. The zero-order chi connectivity index (χ0) is 11.5. The summed E-state index contributed by atoms with van der Waals surface area (Å²) < 4.78 is 28.3. The van der Waals surface area contributed by atoms with Gasteiger partial charge in [-0.05, 0) is 26.7 Å². The molecule has 1 saturated heterocycles. The van der Waals surface area contributed by atoms with Crippen LogP contribution in [0.4, 0.5) is 0 Å². The smallest absolute Gasteiger partial charge is 0.152 e. The molecule has 0 radical (unpaired) electrons. The normalized spacial score (nSPS) is 28.3. The summed E-state index contributed by atoms with van der Waals surface area (Å²) in [7, 11) is -2.99. The Bertz CT molecular complexity index is 284. The third-order valence-electron chi connectivity index (χ3n) is 2.93. The van der Waals surface area contributed by atoms with Crippen LogP contribution in [0.5, 0.6) is 0 Å². The van der Waals surface area contributed by atoms with Gasteiger partial charge in [0.25, 0.3) is 0 Å². The number of ether oxygens (including phenoxy) is 1. The van der Waals surface area contributed by atoms with Crippen LogP contribution in [-0.4, -0.2) is 43.8 Å². The minimum Gasteiger partial charge on any atom is -0.393 e. The van der Waals surface area contributed by atoms with Crippen LogP contribution in [0.3, 0.4) is 0 Å². The minimum absolute atomic E-state index is 0.0210. The summed E-state index contributed by atoms with van der Waals surface area (Å²) in [4.78, 5) is 0. The Morgan fingerprint density at radius 1 is 1.47 bits per heavy atom. The number of hydrogen-bond acceptors (Lipinski definition) is 4.